The SMILES string of the molecule is CCn1c(SCC(=O)N2CCN(Cc3ccccc3C)CC2)nnc1-c1cccs1. The number of thiophene rings is 1. The fourth-order valence-corrected chi connectivity index (χ4v) is 5.29. The van der Waals surface area contributed by atoms with Gasteiger partial charge in [-0.2, -0.15) is 0 Å². The summed E-state index contributed by atoms with van der Waals surface area (Å²) < 4.78 is 2.09. The second-order valence-corrected chi connectivity index (χ2v) is 9.29. The van der Waals surface area contributed by atoms with Gasteiger partial charge in [-0.05, 0) is 36.4 Å². The Morgan fingerprint density at radius 3 is 2.60 bits per heavy atom. The highest BCUT2D eigenvalue weighted by atomic mass is 32.2. The average Bonchev–Trinajstić information content (AvgIpc) is 3.43. The fraction of sp³-hybridized carbons (Fsp3) is 0.409. The molecule has 0 radical (unpaired) electrons. The summed E-state index contributed by atoms with van der Waals surface area (Å²) in [6.07, 6.45) is 0. The van der Waals surface area contributed by atoms with E-state index in [1.54, 1.807) is 11.3 Å². The molecule has 1 amide bonds. The van der Waals surface area contributed by atoms with Gasteiger partial charge in [0.05, 0.1) is 10.6 Å². The Labute approximate surface area is 185 Å². The smallest absolute Gasteiger partial charge is 0.233 e. The lowest BCUT2D eigenvalue weighted by Gasteiger charge is -2.35. The first-order chi connectivity index (χ1) is 14.7. The molecule has 3 heterocycles. The number of nitrogens with zero attached hydrogens (tertiary/aromatic N) is 5. The van der Waals surface area contributed by atoms with Crippen molar-refractivity contribution in [1.82, 2.24) is 24.6 Å². The maximum Gasteiger partial charge on any atom is 0.233 e. The molecule has 0 atom stereocenters. The first-order valence-corrected chi connectivity index (χ1v) is 12.2. The van der Waals surface area contributed by atoms with Crippen molar-refractivity contribution in [2.24, 2.45) is 0 Å². The number of thioether (sulfide) groups is 1. The molecule has 0 unspecified atom stereocenters. The van der Waals surface area contributed by atoms with Crippen molar-refractivity contribution in [2.75, 3.05) is 31.9 Å². The second kappa shape index (κ2) is 9.76. The Balaban J connectivity index is 1.29. The van der Waals surface area contributed by atoms with Crippen LogP contribution in [0.5, 0.6) is 0 Å². The van der Waals surface area contributed by atoms with Gasteiger partial charge in [-0.15, -0.1) is 21.5 Å². The third-order valence-corrected chi connectivity index (χ3v) is 7.30. The van der Waals surface area contributed by atoms with Crippen LogP contribution in [-0.2, 0) is 17.9 Å². The van der Waals surface area contributed by atoms with E-state index in [0.29, 0.717) is 5.75 Å². The highest BCUT2D eigenvalue weighted by Gasteiger charge is 2.22. The number of hydrogen-bond acceptors (Lipinski definition) is 6. The van der Waals surface area contributed by atoms with Crippen molar-refractivity contribution in [3.8, 4) is 10.7 Å². The van der Waals surface area contributed by atoms with Gasteiger partial charge < -0.3 is 9.47 Å². The molecule has 1 aliphatic rings. The lowest BCUT2D eigenvalue weighted by Crippen LogP contribution is -2.48. The van der Waals surface area contributed by atoms with Gasteiger partial charge in [-0.3, -0.25) is 9.69 Å². The normalized spacial score (nSPS) is 14.9. The first kappa shape index (κ1) is 21.1. The third kappa shape index (κ3) is 4.77. The summed E-state index contributed by atoms with van der Waals surface area (Å²) in [6.45, 7) is 9.38. The van der Waals surface area contributed by atoms with E-state index in [4.69, 9.17) is 0 Å². The molecule has 0 saturated carbocycles. The van der Waals surface area contributed by atoms with E-state index in [-0.39, 0.29) is 5.91 Å². The van der Waals surface area contributed by atoms with Crippen LogP contribution in [0.25, 0.3) is 10.7 Å². The van der Waals surface area contributed by atoms with Crippen LogP contribution >= 0.6 is 23.1 Å². The minimum Gasteiger partial charge on any atom is -0.339 e. The molecule has 1 aromatic carbocycles. The summed E-state index contributed by atoms with van der Waals surface area (Å²) in [6, 6.07) is 12.6. The van der Waals surface area contributed by atoms with Crippen LogP contribution in [0.4, 0.5) is 0 Å². The molecule has 1 aliphatic heterocycles. The second-order valence-electron chi connectivity index (χ2n) is 7.40. The van der Waals surface area contributed by atoms with Gasteiger partial charge in [0.25, 0.3) is 0 Å². The Morgan fingerprint density at radius 1 is 1.10 bits per heavy atom. The van der Waals surface area contributed by atoms with E-state index < -0.39 is 0 Å². The van der Waals surface area contributed by atoms with Crippen LogP contribution in [-0.4, -0.2) is 62.4 Å². The molecule has 0 aliphatic carbocycles. The highest BCUT2D eigenvalue weighted by molar-refractivity contribution is 7.99. The molecule has 1 fully saturated rings. The lowest BCUT2D eigenvalue weighted by atomic mass is 10.1. The number of carbonyl (C=O) groups is 1. The third-order valence-electron chi connectivity index (χ3n) is 5.48. The van der Waals surface area contributed by atoms with Crippen LogP contribution < -0.4 is 0 Å². The molecule has 4 rings (SSSR count). The number of hydrogen-bond donors (Lipinski definition) is 0. The van der Waals surface area contributed by atoms with Crippen molar-refractivity contribution in [3.05, 3.63) is 52.9 Å². The van der Waals surface area contributed by atoms with Gasteiger partial charge in [0.1, 0.15) is 0 Å². The quantitative estimate of drug-likeness (QED) is 0.523. The standard InChI is InChI=1S/C22H27N5OS2/c1-3-27-21(19-9-6-14-29-19)23-24-22(27)30-16-20(28)26-12-10-25(11-13-26)15-18-8-5-4-7-17(18)2/h4-9,14H,3,10-13,15-16H2,1-2H3. The van der Waals surface area contributed by atoms with Gasteiger partial charge in [0.2, 0.25) is 5.91 Å². The zero-order valence-corrected chi connectivity index (χ0v) is 19.1. The van der Waals surface area contributed by atoms with E-state index in [1.165, 1.54) is 22.9 Å². The minimum atomic E-state index is 0.180. The summed E-state index contributed by atoms with van der Waals surface area (Å²) in [5, 5.41) is 11.5. The van der Waals surface area contributed by atoms with Crippen molar-refractivity contribution in [3.63, 3.8) is 0 Å². The molecule has 30 heavy (non-hydrogen) atoms. The predicted molar refractivity (Wildman–Crippen MR) is 123 cm³/mol. The summed E-state index contributed by atoms with van der Waals surface area (Å²) >= 11 is 3.14. The van der Waals surface area contributed by atoms with Gasteiger partial charge in [-0.25, -0.2) is 0 Å². The predicted octanol–water partition coefficient (Wildman–Crippen LogP) is 3.77. The van der Waals surface area contributed by atoms with Gasteiger partial charge in [0, 0.05) is 39.3 Å². The van der Waals surface area contributed by atoms with Crippen LogP contribution in [0.15, 0.2) is 46.9 Å². The van der Waals surface area contributed by atoms with E-state index >= 15 is 0 Å². The summed E-state index contributed by atoms with van der Waals surface area (Å²) in [5.41, 5.74) is 2.70. The zero-order valence-electron chi connectivity index (χ0n) is 17.5. The van der Waals surface area contributed by atoms with Crippen molar-refractivity contribution >= 4 is 29.0 Å². The van der Waals surface area contributed by atoms with E-state index in [9.17, 15) is 4.79 Å². The van der Waals surface area contributed by atoms with Crippen molar-refractivity contribution in [2.45, 2.75) is 32.1 Å². The summed E-state index contributed by atoms with van der Waals surface area (Å²) in [5.74, 6) is 1.46. The molecule has 0 N–H and O–H groups in total. The molecule has 1 saturated heterocycles. The number of carbonyl (C=O) groups excluding carboxylic acids is 1. The number of aryl methyl sites for hydroxylation is 1. The molecule has 2 aromatic heterocycles. The summed E-state index contributed by atoms with van der Waals surface area (Å²) in [4.78, 5) is 18.3. The fourth-order valence-electron chi connectivity index (χ4n) is 3.67. The minimum absolute atomic E-state index is 0.180. The lowest BCUT2D eigenvalue weighted by molar-refractivity contribution is -0.130. The van der Waals surface area contributed by atoms with Gasteiger partial charge in [0.15, 0.2) is 11.0 Å². The molecule has 6 nitrogen and oxygen atoms in total. The van der Waals surface area contributed by atoms with Crippen molar-refractivity contribution in [1.29, 1.82) is 0 Å². The first-order valence-electron chi connectivity index (χ1n) is 10.3. The average molecular weight is 442 g/mol. The van der Waals surface area contributed by atoms with Crippen LogP contribution in [0.3, 0.4) is 0 Å². The maximum atomic E-state index is 12.8. The topological polar surface area (TPSA) is 54.3 Å². The maximum absolute atomic E-state index is 12.8. The van der Waals surface area contributed by atoms with Gasteiger partial charge >= 0.3 is 0 Å². The Bertz CT molecular complexity index is 977. The van der Waals surface area contributed by atoms with E-state index in [2.05, 4.69) is 63.8 Å². The van der Waals surface area contributed by atoms with Crippen LogP contribution in [0.2, 0.25) is 0 Å². The molecule has 0 spiro atoms. The zero-order chi connectivity index (χ0) is 20.9. The number of rotatable bonds is 7. The molecule has 8 heteroatoms. The summed E-state index contributed by atoms with van der Waals surface area (Å²) in [7, 11) is 0. The van der Waals surface area contributed by atoms with Crippen molar-refractivity contribution < 1.29 is 4.79 Å². The number of benzene rings is 1. The molecule has 3 aromatic rings. The van der Waals surface area contributed by atoms with E-state index in [1.807, 2.05) is 16.3 Å². The number of piperazine rings is 1. The monoisotopic (exact) mass is 441 g/mol. The number of aromatic nitrogens is 3. The Hall–Kier alpha value is -2.16. The molecular formula is C22H27N5OS2. The highest BCUT2D eigenvalue weighted by Crippen LogP contribution is 2.27. The molecular weight excluding hydrogens is 414 g/mol. The molecule has 0 bridgehead atoms. The van der Waals surface area contributed by atoms with E-state index in [0.717, 1.165) is 55.1 Å². The Kier molecular flexibility index (Phi) is 6.86. The van der Waals surface area contributed by atoms with Crippen LogP contribution in [0, 0.1) is 6.92 Å². The molecule has 158 valence electrons. The Morgan fingerprint density at radius 2 is 1.90 bits per heavy atom. The largest absolute Gasteiger partial charge is 0.339 e. The van der Waals surface area contributed by atoms with Gasteiger partial charge in [-0.1, -0.05) is 42.1 Å². The van der Waals surface area contributed by atoms with Crippen LogP contribution in [0.1, 0.15) is 18.1 Å². The number of amides is 1.